The summed E-state index contributed by atoms with van der Waals surface area (Å²) in [4.78, 5) is 0. The highest BCUT2D eigenvalue weighted by Crippen LogP contribution is 2.31. The molecule has 0 spiro atoms. The molecule has 1 aromatic carbocycles. The molecule has 0 saturated heterocycles. The molecular weight excluding hydrogens is 224 g/mol. The number of hydrogen-bond acceptors (Lipinski definition) is 2. The fraction of sp³-hybridized carbons (Fsp3) is 0.538. The molecule has 1 N–H and O–H groups in total. The van der Waals surface area contributed by atoms with Gasteiger partial charge in [-0.05, 0) is 45.4 Å². The zero-order chi connectivity index (χ0) is 12.4. The lowest BCUT2D eigenvalue weighted by atomic mass is 9.85. The van der Waals surface area contributed by atoms with Gasteiger partial charge >= 0.3 is 0 Å². The minimum absolute atomic E-state index is 0.626. The van der Waals surface area contributed by atoms with E-state index in [4.69, 9.17) is 16.3 Å². The predicted molar refractivity (Wildman–Crippen MR) is 67.1 cm³/mol. The summed E-state index contributed by atoms with van der Waals surface area (Å²) in [6.45, 7) is 7.45. The number of halogens is 1. The third-order valence-electron chi connectivity index (χ3n) is 3.15. The first kappa shape index (κ1) is 13.3. The Hall–Kier alpha value is -0.730. The van der Waals surface area contributed by atoms with E-state index in [2.05, 4.69) is 0 Å². The van der Waals surface area contributed by atoms with E-state index in [0.717, 1.165) is 0 Å². The van der Waals surface area contributed by atoms with E-state index >= 15 is 0 Å². The van der Waals surface area contributed by atoms with Crippen LogP contribution in [0.4, 0.5) is 0 Å². The van der Waals surface area contributed by atoms with Crippen molar-refractivity contribution in [1.29, 1.82) is 0 Å². The van der Waals surface area contributed by atoms with E-state index in [-0.39, 0.29) is 0 Å². The van der Waals surface area contributed by atoms with Crippen LogP contribution < -0.4 is 4.74 Å². The maximum absolute atomic E-state index is 10.2. The van der Waals surface area contributed by atoms with Crippen molar-refractivity contribution < 1.29 is 9.84 Å². The van der Waals surface area contributed by atoms with Crippen LogP contribution in [-0.4, -0.2) is 16.3 Å². The summed E-state index contributed by atoms with van der Waals surface area (Å²) in [6, 6.07) is 7.20. The molecule has 1 unspecified atom stereocenters. The lowest BCUT2D eigenvalue weighted by Gasteiger charge is -2.39. The van der Waals surface area contributed by atoms with Gasteiger partial charge in [-0.2, -0.15) is 0 Å². The second kappa shape index (κ2) is 4.64. The summed E-state index contributed by atoms with van der Waals surface area (Å²) < 4.78 is 5.80. The van der Waals surface area contributed by atoms with Crippen LogP contribution in [0, 0.1) is 0 Å². The fourth-order valence-corrected chi connectivity index (χ4v) is 1.54. The Morgan fingerprint density at radius 2 is 1.94 bits per heavy atom. The summed E-state index contributed by atoms with van der Waals surface area (Å²) in [5.41, 5.74) is -1.54. The van der Waals surface area contributed by atoms with Crippen molar-refractivity contribution in [1.82, 2.24) is 0 Å². The molecule has 16 heavy (non-hydrogen) atoms. The number of benzene rings is 1. The third-order valence-corrected chi connectivity index (χ3v) is 3.39. The van der Waals surface area contributed by atoms with Crippen molar-refractivity contribution in [3.8, 4) is 5.75 Å². The van der Waals surface area contributed by atoms with Gasteiger partial charge in [0.15, 0.2) is 0 Å². The standard InChI is InChI=1S/C13H19ClO2/c1-5-13(4,15)12(2,3)16-11-8-6-7-10(14)9-11/h6-9,15H,5H2,1-4H3. The predicted octanol–water partition coefficient (Wildman–Crippen LogP) is 3.66. The van der Waals surface area contributed by atoms with Gasteiger partial charge in [-0.15, -0.1) is 0 Å². The van der Waals surface area contributed by atoms with Crippen LogP contribution in [0.2, 0.25) is 5.02 Å². The van der Waals surface area contributed by atoms with Crippen LogP contribution >= 0.6 is 11.6 Å². The van der Waals surface area contributed by atoms with Crippen molar-refractivity contribution >= 4 is 11.6 Å². The number of hydrogen-bond donors (Lipinski definition) is 1. The Morgan fingerprint density at radius 3 is 2.44 bits per heavy atom. The zero-order valence-electron chi connectivity index (χ0n) is 10.2. The topological polar surface area (TPSA) is 29.5 Å². The highest BCUT2D eigenvalue weighted by molar-refractivity contribution is 6.30. The summed E-state index contributed by atoms with van der Waals surface area (Å²) in [7, 11) is 0. The van der Waals surface area contributed by atoms with Gasteiger partial charge in [0.1, 0.15) is 17.0 Å². The Balaban J connectivity index is 2.88. The Labute approximate surface area is 102 Å². The van der Waals surface area contributed by atoms with E-state index in [1.165, 1.54) is 0 Å². The van der Waals surface area contributed by atoms with Crippen LogP contribution in [0.1, 0.15) is 34.1 Å². The van der Waals surface area contributed by atoms with Gasteiger partial charge in [0.2, 0.25) is 0 Å². The Kier molecular flexibility index (Phi) is 3.87. The lowest BCUT2D eigenvalue weighted by molar-refractivity contribution is -0.105. The number of rotatable bonds is 4. The Bertz CT molecular complexity index is 359. The van der Waals surface area contributed by atoms with Gasteiger partial charge in [-0.3, -0.25) is 0 Å². The largest absolute Gasteiger partial charge is 0.485 e. The second-order valence-electron chi connectivity index (χ2n) is 4.70. The van der Waals surface area contributed by atoms with Crippen molar-refractivity contribution in [3.63, 3.8) is 0 Å². The SMILES string of the molecule is CCC(C)(O)C(C)(C)Oc1cccc(Cl)c1. The minimum Gasteiger partial charge on any atom is -0.485 e. The maximum atomic E-state index is 10.2. The van der Waals surface area contributed by atoms with E-state index in [1.54, 1.807) is 19.1 Å². The first-order chi connectivity index (χ1) is 7.28. The average molecular weight is 243 g/mol. The van der Waals surface area contributed by atoms with Gasteiger partial charge in [0, 0.05) is 5.02 Å². The van der Waals surface area contributed by atoms with Crippen LogP contribution in [0.25, 0.3) is 0 Å². The van der Waals surface area contributed by atoms with Gasteiger partial charge in [0.05, 0.1) is 0 Å². The normalized spacial score (nSPS) is 15.6. The summed E-state index contributed by atoms with van der Waals surface area (Å²) in [5, 5.41) is 10.9. The van der Waals surface area contributed by atoms with Gasteiger partial charge in [0.25, 0.3) is 0 Å². The lowest BCUT2D eigenvalue weighted by Crippen LogP contribution is -2.51. The highest BCUT2D eigenvalue weighted by Gasteiger charge is 2.40. The van der Waals surface area contributed by atoms with Gasteiger partial charge < -0.3 is 9.84 Å². The third kappa shape index (κ3) is 2.89. The molecule has 1 atom stereocenters. The van der Waals surface area contributed by atoms with Crippen LogP contribution in [-0.2, 0) is 0 Å². The van der Waals surface area contributed by atoms with Gasteiger partial charge in [-0.1, -0.05) is 24.6 Å². The molecule has 1 aromatic rings. The zero-order valence-corrected chi connectivity index (χ0v) is 11.0. The quantitative estimate of drug-likeness (QED) is 0.873. The molecule has 2 nitrogen and oxygen atoms in total. The maximum Gasteiger partial charge on any atom is 0.132 e. The molecule has 0 aliphatic rings. The first-order valence-electron chi connectivity index (χ1n) is 5.45. The summed E-state index contributed by atoms with van der Waals surface area (Å²) in [6.07, 6.45) is 0.626. The van der Waals surface area contributed by atoms with Crippen molar-refractivity contribution in [2.24, 2.45) is 0 Å². The van der Waals surface area contributed by atoms with Gasteiger partial charge in [-0.25, -0.2) is 0 Å². The van der Waals surface area contributed by atoms with Crippen LogP contribution in [0.3, 0.4) is 0 Å². The van der Waals surface area contributed by atoms with Crippen molar-refractivity contribution in [2.45, 2.75) is 45.3 Å². The van der Waals surface area contributed by atoms with Crippen molar-refractivity contribution in [3.05, 3.63) is 29.3 Å². The number of aliphatic hydroxyl groups is 1. The van der Waals surface area contributed by atoms with Crippen LogP contribution in [0.15, 0.2) is 24.3 Å². The molecule has 0 heterocycles. The number of ether oxygens (including phenoxy) is 1. The molecule has 0 aromatic heterocycles. The average Bonchev–Trinajstić information content (AvgIpc) is 2.16. The molecule has 0 fully saturated rings. The molecule has 3 heteroatoms. The fourth-order valence-electron chi connectivity index (χ4n) is 1.36. The summed E-state index contributed by atoms with van der Waals surface area (Å²) in [5.74, 6) is 0.672. The van der Waals surface area contributed by atoms with Crippen molar-refractivity contribution in [2.75, 3.05) is 0 Å². The van der Waals surface area contributed by atoms with E-state index in [1.807, 2.05) is 32.9 Å². The van der Waals surface area contributed by atoms with E-state index in [0.29, 0.717) is 17.2 Å². The molecule has 0 aliphatic carbocycles. The minimum atomic E-state index is -0.880. The molecule has 0 amide bonds. The van der Waals surface area contributed by atoms with E-state index < -0.39 is 11.2 Å². The molecular formula is C13H19ClO2. The second-order valence-corrected chi connectivity index (χ2v) is 5.13. The smallest absolute Gasteiger partial charge is 0.132 e. The molecule has 0 bridgehead atoms. The van der Waals surface area contributed by atoms with Crippen LogP contribution in [0.5, 0.6) is 5.75 Å². The molecule has 0 saturated carbocycles. The monoisotopic (exact) mass is 242 g/mol. The summed E-state index contributed by atoms with van der Waals surface area (Å²) >= 11 is 5.88. The highest BCUT2D eigenvalue weighted by atomic mass is 35.5. The van der Waals surface area contributed by atoms with E-state index in [9.17, 15) is 5.11 Å². The molecule has 0 radical (unpaired) electrons. The molecule has 1 rings (SSSR count). The molecule has 90 valence electrons. The molecule has 0 aliphatic heterocycles. The Morgan fingerprint density at radius 1 is 1.31 bits per heavy atom. The first-order valence-corrected chi connectivity index (χ1v) is 5.83.